The monoisotopic (exact) mass is 516 g/mol. The second-order valence-electron chi connectivity index (χ2n) is 7.82. The molecule has 0 saturated heterocycles. The maximum atomic E-state index is 4.52. The summed E-state index contributed by atoms with van der Waals surface area (Å²) >= 11 is 0. The van der Waals surface area contributed by atoms with E-state index in [1.807, 2.05) is 30.9 Å². The molecule has 0 fully saturated rings. The standard InChI is InChI=1S/C22H40N6.HI/c1-10-12-28(13-11-2)21(16(3)4)15-24-22(23-8)25-17(5)14-20-18(6)26-27(9)19(20)7;/h10-11,16-17,21H,1-2,12-15H2,3-9H3,(H2,23,24,25);1H. The van der Waals surface area contributed by atoms with Crippen LogP contribution in [0, 0.1) is 19.8 Å². The highest BCUT2D eigenvalue weighted by atomic mass is 127. The molecular formula is C22H41IN6. The lowest BCUT2D eigenvalue weighted by Crippen LogP contribution is -2.51. The van der Waals surface area contributed by atoms with Crippen molar-refractivity contribution in [3.63, 3.8) is 0 Å². The van der Waals surface area contributed by atoms with E-state index < -0.39 is 0 Å². The molecule has 7 heteroatoms. The minimum absolute atomic E-state index is 0. The first-order valence-electron chi connectivity index (χ1n) is 10.2. The Morgan fingerprint density at radius 1 is 1.21 bits per heavy atom. The molecule has 0 aliphatic heterocycles. The van der Waals surface area contributed by atoms with Gasteiger partial charge in [0.2, 0.25) is 0 Å². The van der Waals surface area contributed by atoms with Crippen molar-refractivity contribution in [1.82, 2.24) is 25.3 Å². The summed E-state index contributed by atoms with van der Waals surface area (Å²) in [6.45, 7) is 21.2. The highest BCUT2D eigenvalue weighted by Gasteiger charge is 2.21. The fourth-order valence-electron chi connectivity index (χ4n) is 3.56. The number of halogens is 1. The second-order valence-corrected chi connectivity index (χ2v) is 7.82. The highest BCUT2D eigenvalue weighted by Crippen LogP contribution is 2.14. The third-order valence-electron chi connectivity index (χ3n) is 5.22. The second kappa shape index (κ2) is 13.8. The summed E-state index contributed by atoms with van der Waals surface area (Å²) in [7, 11) is 3.81. The molecule has 1 rings (SSSR count). The summed E-state index contributed by atoms with van der Waals surface area (Å²) in [6, 6.07) is 0.621. The Kier molecular flexibility index (Phi) is 13.2. The van der Waals surface area contributed by atoms with Gasteiger partial charge in [-0.2, -0.15) is 5.10 Å². The van der Waals surface area contributed by atoms with E-state index in [0.29, 0.717) is 12.0 Å². The van der Waals surface area contributed by atoms with Crippen LogP contribution >= 0.6 is 24.0 Å². The van der Waals surface area contributed by atoms with Crippen LogP contribution in [-0.4, -0.2) is 59.4 Å². The molecule has 166 valence electrons. The number of aromatic nitrogens is 2. The van der Waals surface area contributed by atoms with Gasteiger partial charge in [-0.25, -0.2) is 0 Å². The molecule has 6 nitrogen and oxygen atoms in total. The van der Waals surface area contributed by atoms with Crippen LogP contribution < -0.4 is 10.6 Å². The number of nitrogens with zero attached hydrogens (tertiary/aromatic N) is 4. The summed E-state index contributed by atoms with van der Waals surface area (Å²) in [5, 5.41) is 11.5. The molecule has 1 heterocycles. The van der Waals surface area contributed by atoms with Gasteiger partial charge < -0.3 is 10.6 Å². The third kappa shape index (κ3) is 8.50. The van der Waals surface area contributed by atoms with E-state index in [9.17, 15) is 0 Å². The Balaban J connectivity index is 0.00000784. The number of aliphatic imine (C=N–C) groups is 1. The van der Waals surface area contributed by atoms with E-state index in [1.54, 1.807) is 0 Å². The van der Waals surface area contributed by atoms with Gasteiger partial charge in [0.1, 0.15) is 0 Å². The fraction of sp³-hybridized carbons (Fsp3) is 0.636. The predicted octanol–water partition coefficient (Wildman–Crippen LogP) is 3.45. The molecule has 0 aromatic carbocycles. The molecule has 0 spiro atoms. The first-order chi connectivity index (χ1) is 13.2. The molecule has 1 aromatic rings. The number of rotatable bonds is 11. The van der Waals surface area contributed by atoms with Crippen LogP contribution in [0.15, 0.2) is 30.3 Å². The average Bonchev–Trinajstić information content (AvgIpc) is 2.87. The molecule has 0 radical (unpaired) electrons. The Bertz CT molecular complexity index is 655. The number of aryl methyl sites for hydroxylation is 2. The fourth-order valence-corrected chi connectivity index (χ4v) is 3.56. The summed E-state index contributed by atoms with van der Waals surface area (Å²) in [5.41, 5.74) is 3.63. The van der Waals surface area contributed by atoms with Gasteiger partial charge in [-0.3, -0.25) is 14.6 Å². The summed E-state index contributed by atoms with van der Waals surface area (Å²) < 4.78 is 1.95. The van der Waals surface area contributed by atoms with Gasteiger partial charge in [-0.15, -0.1) is 37.1 Å². The Hall–Kier alpha value is -1.35. The van der Waals surface area contributed by atoms with Crippen LogP contribution in [-0.2, 0) is 13.5 Å². The molecular weight excluding hydrogens is 475 g/mol. The van der Waals surface area contributed by atoms with Crippen molar-refractivity contribution in [2.45, 2.75) is 53.1 Å². The van der Waals surface area contributed by atoms with Gasteiger partial charge in [-0.1, -0.05) is 26.0 Å². The van der Waals surface area contributed by atoms with Crippen LogP contribution in [0.25, 0.3) is 0 Å². The van der Waals surface area contributed by atoms with Crippen molar-refractivity contribution >= 4 is 29.9 Å². The largest absolute Gasteiger partial charge is 0.355 e. The van der Waals surface area contributed by atoms with Gasteiger partial charge in [0, 0.05) is 51.5 Å². The van der Waals surface area contributed by atoms with Gasteiger partial charge >= 0.3 is 0 Å². The predicted molar refractivity (Wildman–Crippen MR) is 136 cm³/mol. The summed E-state index contributed by atoms with van der Waals surface area (Å²) in [6.07, 6.45) is 4.82. The lowest BCUT2D eigenvalue weighted by molar-refractivity contribution is 0.190. The lowest BCUT2D eigenvalue weighted by Gasteiger charge is -2.33. The number of hydrogen-bond donors (Lipinski definition) is 2. The van der Waals surface area contributed by atoms with Crippen molar-refractivity contribution < 1.29 is 0 Å². The topological polar surface area (TPSA) is 57.5 Å². The minimum atomic E-state index is 0. The zero-order valence-corrected chi connectivity index (χ0v) is 21.7. The first-order valence-corrected chi connectivity index (χ1v) is 10.2. The van der Waals surface area contributed by atoms with Crippen molar-refractivity contribution in [3.8, 4) is 0 Å². The molecule has 1 aromatic heterocycles. The van der Waals surface area contributed by atoms with E-state index in [4.69, 9.17) is 0 Å². The molecule has 0 amide bonds. The first kappa shape index (κ1) is 27.6. The van der Waals surface area contributed by atoms with Crippen molar-refractivity contribution in [2.75, 3.05) is 26.7 Å². The molecule has 0 saturated carbocycles. The van der Waals surface area contributed by atoms with E-state index in [2.05, 4.69) is 73.4 Å². The molecule has 2 N–H and O–H groups in total. The van der Waals surface area contributed by atoms with Crippen LogP contribution in [0.4, 0.5) is 0 Å². The van der Waals surface area contributed by atoms with E-state index >= 15 is 0 Å². The SMILES string of the molecule is C=CCN(CC=C)C(CNC(=NC)NC(C)Cc1c(C)nn(C)c1C)C(C)C.I. The number of nitrogens with one attached hydrogen (secondary N) is 2. The molecule has 2 unspecified atom stereocenters. The molecule has 0 aliphatic carbocycles. The number of guanidine groups is 1. The molecule has 0 aliphatic rings. The van der Waals surface area contributed by atoms with Gasteiger partial charge in [0.05, 0.1) is 5.69 Å². The molecule has 29 heavy (non-hydrogen) atoms. The molecule has 2 atom stereocenters. The quantitative estimate of drug-likeness (QED) is 0.205. The van der Waals surface area contributed by atoms with Gasteiger partial charge in [0.25, 0.3) is 0 Å². The van der Waals surface area contributed by atoms with Gasteiger partial charge in [0.15, 0.2) is 5.96 Å². The smallest absolute Gasteiger partial charge is 0.191 e. The van der Waals surface area contributed by atoms with Crippen molar-refractivity contribution in [3.05, 3.63) is 42.3 Å². The Morgan fingerprint density at radius 3 is 2.21 bits per heavy atom. The van der Waals surface area contributed by atoms with Crippen LogP contribution in [0.1, 0.15) is 37.7 Å². The van der Waals surface area contributed by atoms with Crippen molar-refractivity contribution in [1.29, 1.82) is 0 Å². The average molecular weight is 517 g/mol. The molecule has 0 bridgehead atoms. The Morgan fingerprint density at radius 2 is 1.79 bits per heavy atom. The maximum Gasteiger partial charge on any atom is 0.191 e. The summed E-state index contributed by atoms with van der Waals surface area (Å²) in [4.78, 5) is 6.80. The minimum Gasteiger partial charge on any atom is -0.355 e. The normalized spacial score (nSPS) is 13.8. The zero-order chi connectivity index (χ0) is 21.3. The van der Waals surface area contributed by atoms with Crippen LogP contribution in [0.2, 0.25) is 0 Å². The van der Waals surface area contributed by atoms with E-state index in [0.717, 1.165) is 37.7 Å². The zero-order valence-electron chi connectivity index (χ0n) is 19.3. The maximum absolute atomic E-state index is 4.52. The third-order valence-corrected chi connectivity index (χ3v) is 5.22. The van der Waals surface area contributed by atoms with Crippen LogP contribution in [0.3, 0.4) is 0 Å². The van der Waals surface area contributed by atoms with Crippen LogP contribution in [0.5, 0.6) is 0 Å². The lowest BCUT2D eigenvalue weighted by atomic mass is 10.0. The van der Waals surface area contributed by atoms with E-state index in [-0.39, 0.29) is 30.0 Å². The van der Waals surface area contributed by atoms with E-state index in [1.165, 1.54) is 11.3 Å². The highest BCUT2D eigenvalue weighted by molar-refractivity contribution is 14.0. The number of hydrogen-bond acceptors (Lipinski definition) is 3. The van der Waals surface area contributed by atoms with Crippen molar-refractivity contribution in [2.24, 2.45) is 18.0 Å². The Labute approximate surface area is 194 Å². The van der Waals surface area contributed by atoms with Gasteiger partial charge in [-0.05, 0) is 38.7 Å². The summed E-state index contributed by atoms with van der Waals surface area (Å²) in [5.74, 6) is 1.33.